The van der Waals surface area contributed by atoms with Gasteiger partial charge in [0.05, 0.1) is 5.92 Å². The number of carbonyl (C=O) groups is 1. The fourth-order valence-corrected chi connectivity index (χ4v) is 2.49. The lowest BCUT2D eigenvalue weighted by Gasteiger charge is -2.17. The smallest absolute Gasteiger partial charge is 0.308 e. The molecule has 0 radical (unpaired) electrons. The molecule has 6 nitrogen and oxygen atoms in total. The standard InChI is InChI=1S/C15H16N4O2/c1-10-8-13(19-7-5-11(9-19)15(20)21)18-14(17-10)12-4-2-3-6-16-12/h2-4,6,8,11H,5,7,9H2,1H3,(H,20,21). The molecule has 1 saturated heterocycles. The van der Waals surface area contributed by atoms with E-state index in [-0.39, 0.29) is 5.92 Å². The Morgan fingerprint density at radius 3 is 2.90 bits per heavy atom. The normalized spacial score (nSPS) is 18.0. The first kappa shape index (κ1) is 13.5. The first-order valence-electron chi connectivity index (χ1n) is 6.88. The summed E-state index contributed by atoms with van der Waals surface area (Å²) in [5, 5.41) is 9.10. The van der Waals surface area contributed by atoms with Gasteiger partial charge in [-0.05, 0) is 25.5 Å². The van der Waals surface area contributed by atoms with Crippen LogP contribution in [-0.2, 0) is 4.79 Å². The Hall–Kier alpha value is -2.50. The average molecular weight is 284 g/mol. The molecule has 1 N–H and O–H groups in total. The lowest BCUT2D eigenvalue weighted by atomic mass is 10.1. The number of hydrogen-bond donors (Lipinski definition) is 1. The van der Waals surface area contributed by atoms with Gasteiger partial charge in [-0.15, -0.1) is 0 Å². The molecule has 21 heavy (non-hydrogen) atoms. The number of aromatic nitrogens is 3. The Morgan fingerprint density at radius 1 is 1.38 bits per heavy atom. The molecule has 0 aromatic carbocycles. The molecule has 2 aromatic heterocycles. The summed E-state index contributed by atoms with van der Waals surface area (Å²) in [6, 6.07) is 7.49. The van der Waals surface area contributed by atoms with Gasteiger partial charge in [0.15, 0.2) is 5.82 Å². The maximum atomic E-state index is 11.1. The van der Waals surface area contributed by atoms with Crippen LogP contribution in [0.15, 0.2) is 30.5 Å². The Morgan fingerprint density at radius 2 is 2.24 bits per heavy atom. The molecule has 6 heteroatoms. The summed E-state index contributed by atoms with van der Waals surface area (Å²) in [5.74, 6) is 0.281. The van der Waals surface area contributed by atoms with E-state index in [1.54, 1.807) is 6.20 Å². The monoisotopic (exact) mass is 284 g/mol. The molecule has 1 atom stereocenters. The minimum atomic E-state index is -0.742. The van der Waals surface area contributed by atoms with Gasteiger partial charge < -0.3 is 10.0 Å². The van der Waals surface area contributed by atoms with Gasteiger partial charge in [-0.3, -0.25) is 9.78 Å². The van der Waals surface area contributed by atoms with Crippen molar-refractivity contribution in [1.82, 2.24) is 15.0 Å². The van der Waals surface area contributed by atoms with Crippen LogP contribution in [0.1, 0.15) is 12.1 Å². The quantitative estimate of drug-likeness (QED) is 0.925. The highest BCUT2D eigenvalue weighted by Crippen LogP contribution is 2.24. The summed E-state index contributed by atoms with van der Waals surface area (Å²) in [5.41, 5.74) is 1.57. The van der Waals surface area contributed by atoms with Gasteiger partial charge in [0.2, 0.25) is 0 Å². The van der Waals surface area contributed by atoms with Gasteiger partial charge in [0.25, 0.3) is 0 Å². The lowest BCUT2D eigenvalue weighted by Crippen LogP contribution is -2.23. The van der Waals surface area contributed by atoms with E-state index in [4.69, 9.17) is 5.11 Å². The van der Waals surface area contributed by atoms with Crippen molar-refractivity contribution < 1.29 is 9.90 Å². The molecule has 0 spiro atoms. The van der Waals surface area contributed by atoms with E-state index in [0.29, 0.717) is 25.3 Å². The molecule has 0 saturated carbocycles. The molecule has 108 valence electrons. The summed E-state index contributed by atoms with van der Waals surface area (Å²) < 4.78 is 0. The maximum absolute atomic E-state index is 11.1. The Labute approximate surface area is 122 Å². The summed E-state index contributed by atoms with van der Waals surface area (Å²) in [6.07, 6.45) is 2.36. The van der Waals surface area contributed by atoms with E-state index < -0.39 is 5.97 Å². The maximum Gasteiger partial charge on any atom is 0.308 e. The third kappa shape index (κ3) is 2.84. The van der Waals surface area contributed by atoms with Crippen LogP contribution in [0.5, 0.6) is 0 Å². The number of anilines is 1. The minimum Gasteiger partial charge on any atom is -0.481 e. The number of carboxylic acid groups (broad SMARTS) is 1. The van der Waals surface area contributed by atoms with Crippen LogP contribution in [0.25, 0.3) is 11.5 Å². The first-order chi connectivity index (χ1) is 10.1. The van der Waals surface area contributed by atoms with Crippen LogP contribution in [0.4, 0.5) is 5.82 Å². The molecule has 0 amide bonds. The van der Waals surface area contributed by atoms with Crippen LogP contribution in [0.2, 0.25) is 0 Å². The fourth-order valence-electron chi connectivity index (χ4n) is 2.49. The summed E-state index contributed by atoms with van der Waals surface area (Å²) in [7, 11) is 0. The van der Waals surface area contributed by atoms with Crippen LogP contribution in [0, 0.1) is 12.8 Å². The molecule has 1 unspecified atom stereocenters. The van der Waals surface area contributed by atoms with E-state index in [0.717, 1.165) is 17.2 Å². The fraction of sp³-hybridized carbons (Fsp3) is 0.333. The van der Waals surface area contributed by atoms with Crippen molar-refractivity contribution in [2.75, 3.05) is 18.0 Å². The Balaban J connectivity index is 1.91. The van der Waals surface area contributed by atoms with Gasteiger partial charge in [-0.1, -0.05) is 6.07 Å². The number of carboxylic acids is 1. The zero-order chi connectivity index (χ0) is 14.8. The third-order valence-corrected chi connectivity index (χ3v) is 3.60. The van der Waals surface area contributed by atoms with Gasteiger partial charge in [-0.2, -0.15) is 0 Å². The SMILES string of the molecule is Cc1cc(N2CCC(C(=O)O)C2)nc(-c2ccccn2)n1. The van der Waals surface area contributed by atoms with Crippen molar-refractivity contribution in [3.05, 3.63) is 36.2 Å². The van der Waals surface area contributed by atoms with Crippen LogP contribution < -0.4 is 4.90 Å². The molecular formula is C15H16N4O2. The molecule has 3 heterocycles. The summed E-state index contributed by atoms with van der Waals surface area (Å²) in [6.45, 7) is 3.10. The van der Waals surface area contributed by atoms with Crippen molar-refractivity contribution in [1.29, 1.82) is 0 Å². The van der Waals surface area contributed by atoms with Crippen LogP contribution >= 0.6 is 0 Å². The second-order valence-electron chi connectivity index (χ2n) is 5.18. The molecule has 3 rings (SSSR count). The van der Waals surface area contributed by atoms with E-state index in [9.17, 15) is 4.79 Å². The van der Waals surface area contributed by atoms with E-state index in [2.05, 4.69) is 15.0 Å². The van der Waals surface area contributed by atoms with Crippen molar-refractivity contribution in [3.8, 4) is 11.5 Å². The van der Waals surface area contributed by atoms with Gasteiger partial charge >= 0.3 is 5.97 Å². The van der Waals surface area contributed by atoms with Crippen LogP contribution in [0.3, 0.4) is 0 Å². The zero-order valence-electron chi connectivity index (χ0n) is 11.7. The van der Waals surface area contributed by atoms with E-state index in [1.807, 2.05) is 36.1 Å². The van der Waals surface area contributed by atoms with Gasteiger partial charge in [-0.25, -0.2) is 9.97 Å². The Kier molecular flexibility index (Phi) is 3.51. The minimum absolute atomic E-state index is 0.321. The molecule has 1 fully saturated rings. The number of aliphatic carboxylic acids is 1. The van der Waals surface area contributed by atoms with Crippen molar-refractivity contribution in [3.63, 3.8) is 0 Å². The average Bonchev–Trinajstić information content (AvgIpc) is 2.98. The van der Waals surface area contributed by atoms with Gasteiger partial charge in [0.1, 0.15) is 11.5 Å². The summed E-state index contributed by atoms with van der Waals surface area (Å²) in [4.78, 5) is 26.3. The number of pyridine rings is 1. The predicted octanol–water partition coefficient (Wildman–Crippen LogP) is 1.76. The Bertz CT molecular complexity index is 660. The zero-order valence-corrected chi connectivity index (χ0v) is 11.7. The van der Waals surface area contributed by atoms with E-state index >= 15 is 0 Å². The number of hydrogen-bond acceptors (Lipinski definition) is 5. The predicted molar refractivity (Wildman–Crippen MR) is 78.0 cm³/mol. The molecule has 1 aliphatic rings. The molecule has 2 aromatic rings. The van der Waals surface area contributed by atoms with Crippen molar-refractivity contribution in [2.45, 2.75) is 13.3 Å². The van der Waals surface area contributed by atoms with E-state index in [1.165, 1.54) is 0 Å². The molecule has 1 aliphatic heterocycles. The molecular weight excluding hydrogens is 268 g/mol. The van der Waals surface area contributed by atoms with Crippen LogP contribution in [-0.4, -0.2) is 39.1 Å². The second-order valence-corrected chi connectivity index (χ2v) is 5.18. The van der Waals surface area contributed by atoms with Crippen molar-refractivity contribution in [2.24, 2.45) is 5.92 Å². The summed E-state index contributed by atoms with van der Waals surface area (Å²) >= 11 is 0. The molecule has 0 bridgehead atoms. The largest absolute Gasteiger partial charge is 0.481 e. The number of aryl methyl sites for hydroxylation is 1. The highest BCUT2D eigenvalue weighted by atomic mass is 16.4. The number of nitrogens with zero attached hydrogens (tertiary/aromatic N) is 4. The second kappa shape index (κ2) is 5.47. The topological polar surface area (TPSA) is 79.2 Å². The highest BCUT2D eigenvalue weighted by Gasteiger charge is 2.29. The first-order valence-corrected chi connectivity index (χ1v) is 6.88. The number of rotatable bonds is 3. The third-order valence-electron chi connectivity index (χ3n) is 3.60. The van der Waals surface area contributed by atoms with Gasteiger partial charge in [0, 0.05) is 31.0 Å². The molecule has 0 aliphatic carbocycles. The lowest BCUT2D eigenvalue weighted by molar-refractivity contribution is -0.140. The van der Waals surface area contributed by atoms with Crippen molar-refractivity contribution >= 4 is 11.8 Å². The highest BCUT2D eigenvalue weighted by molar-refractivity contribution is 5.72.